The summed E-state index contributed by atoms with van der Waals surface area (Å²) in [4.78, 5) is 0. The minimum atomic E-state index is -0.0709. The summed E-state index contributed by atoms with van der Waals surface area (Å²) >= 11 is 10.9. The van der Waals surface area contributed by atoms with Gasteiger partial charge in [0, 0.05) is 12.5 Å². The molecule has 49 valence electrons. The molecule has 0 bridgehead atoms. The molecule has 0 saturated heterocycles. The Morgan fingerprint density at radius 2 is 2.25 bits per heavy atom. The quantitative estimate of drug-likeness (QED) is 0.562. The average Bonchev–Trinajstić information content (AvgIpc) is 1.83. The lowest BCUT2D eigenvalue weighted by atomic mass is 10.5. The van der Waals surface area contributed by atoms with E-state index in [1.54, 1.807) is 0 Å². The zero-order chi connectivity index (χ0) is 6.41. The first-order valence-corrected chi connectivity index (χ1v) is 3.35. The molecule has 1 nitrogen and oxygen atoms in total. The molecule has 0 aromatic carbocycles. The van der Waals surface area contributed by atoms with E-state index in [9.17, 15) is 0 Å². The lowest BCUT2D eigenvalue weighted by Crippen LogP contribution is -2.09. The largest absolute Gasteiger partial charge is 0.380 e. The minimum Gasteiger partial charge on any atom is -0.380 e. The maximum Gasteiger partial charge on any atom is 0.0704 e. The summed E-state index contributed by atoms with van der Waals surface area (Å²) in [5.41, 5.74) is 0. The third-order valence-electron chi connectivity index (χ3n) is 0.610. The van der Waals surface area contributed by atoms with Gasteiger partial charge in [-0.15, -0.1) is 23.2 Å². The second-order valence-corrected chi connectivity index (χ2v) is 2.25. The van der Waals surface area contributed by atoms with Gasteiger partial charge in [0.1, 0.15) is 0 Å². The topological polar surface area (TPSA) is 9.23 Å². The summed E-state index contributed by atoms with van der Waals surface area (Å²) in [6.07, 6.45) is 0. The highest BCUT2D eigenvalue weighted by Crippen LogP contribution is 1.97. The number of halogens is 2. The zero-order valence-corrected chi connectivity index (χ0v) is 6.08. The van der Waals surface area contributed by atoms with E-state index < -0.39 is 0 Å². The molecule has 0 spiro atoms. The molecule has 0 saturated carbocycles. The summed E-state index contributed by atoms with van der Waals surface area (Å²) < 4.78 is 4.86. The molecule has 1 atom stereocenters. The van der Waals surface area contributed by atoms with E-state index in [4.69, 9.17) is 27.9 Å². The molecule has 0 N–H and O–H groups in total. The van der Waals surface area contributed by atoms with Crippen molar-refractivity contribution in [2.75, 3.05) is 19.1 Å². The summed E-state index contributed by atoms with van der Waals surface area (Å²) in [5.74, 6) is 0.432. The molecular weight excluding hydrogens is 147 g/mol. The normalized spacial score (nSPS) is 13.9. The van der Waals surface area contributed by atoms with Crippen molar-refractivity contribution < 1.29 is 4.74 Å². The highest BCUT2D eigenvalue weighted by atomic mass is 35.5. The minimum absolute atomic E-state index is 0.0709. The Morgan fingerprint density at radius 1 is 1.62 bits per heavy atom. The molecule has 1 radical (unpaired) electrons. The fraction of sp³-hybridized carbons (Fsp3) is 0.800. The van der Waals surface area contributed by atoms with E-state index in [1.807, 2.05) is 0 Å². The molecule has 0 aliphatic heterocycles. The van der Waals surface area contributed by atoms with Crippen LogP contribution in [0.4, 0.5) is 0 Å². The van der Waals surface area contributed by atoms with Gasteiger partial charge >= 0.3 is 0 Å². The van der Waals surface area contributed by atoms with Crippen LogP contribution in [-0.4, -0.2) is 24.5 Å². The SMILES string of the molecule is [CH2]COCC(Cl)CCl. The van der Waals surface area contributed by atoms with Crippen molar-refractivity contribution in [1.29, 1.82) is 0 Å². The van der Waals surface area contributed by atoms with Crippen LogP contribution in [0, 0.1) is 6.92 Å². The van der Waals surface area contributed by atoms with Crippen LogP contribution in [0.25, 0.3) is 0 Å². The van der Waals surface area contributed by atoms with Crippen molar-refractivity contribution >= 4 is 23.2 Å². The van der Waals surface area contributed by atoms with Gasteiger partial charge in [-0.25, -0.2) is 0 Å². The lowest BCUT2D eigenvalue weighted by molar-refractivity contribution is 0.164. The number of hydrogen-bond donors (Lipinski definition) is 0. The fourth-order valence-corrected chi connectivity index (χ4v) is 0.434. The lowest BCUT2D eigenvalue weighted by Gasteiger charge is -2.02. The smallest absolute Gasteiger partial charge is 0.0704 e. The second-order valence-electron chi connectivity index (χ2n) is 1.33. The fourth-order valence-electron chi connectivity index (χ4n) is 0.256. The molecule has 3 heteroatoms. The van der Waals surface area contributed by atoms with Gasteiger partial charge in [-0.05, 0) is 6.92 Å². The number of alkyl halides is 2. The Bertz CT molecular complexity index is 49.7. The Kier molecular flexibility index (Phi) is 6.06. The highest BCUT2D eigenvalue weighted by molar-refractivity contribution is 6.28. The first kappa shape index (κ1) is 8.54. The van der Waals surface area contributed by atoms with E-state index in [2.05, 4.69) is 6.92 Å². The molecule has 0 aromatic rings. The predicted octanol–water partition coefficient (Wildman–Crippen LogP) is 1.68. The molecule has 0 aliphatic rings. The van der Waals surface area contributed by atoms with Crippen LogP contribution in [0.15, 0.2) is 0 Å². The molecule has 0 aliphatic carbocycles. The Morgan fingerprint density at radius 3 is 2.62 bits per heavy atom. The first-order chi connectivity index (χ1) is 3.81. The number of hydrogen-bond acceptors (Lipinski definition) is 1. The zero-order valence-electron chi connectivity index (χ0n) is 4.57. The first-order valence-electron chi connectivity index (χ1n) is 2.38. The van der Waals surface area contributed by atoms with Crippen LogP contribution in [0.1, 0.15) is 0 Å². The summed E-state index contributed by atoms with van der Waals surface area (Å²) in [6.45, 7) is 4.42. The van der Waals surface area contributed by atoms with Gasteiger partial charge in [-0.3, -0.25) is 0 Å². The van der Waals surface area contributed by atoms with Gasteiger partial charge in [-0.1, -0.05) is 0 Å². The van der Waals surface area contributed by atoms with Gasteiger partial charge in [0.15, 0.2) is 0 Å². The van der Waals surface area contributed by atoms with Crippen molar-refractivity contribution in [3.8, 4) is 0 Å². The molecule has 8 heavy (non-hydrogen) atoms. The number of ether oxygens (including phenoxy) is 1. The van der Waals surface area contributed by atoms with Gasteiger partial charge in [0.2, 0.25) is 0 Å². The van der Waals surface area contributed by atoms with E-state index in [0.717, 1.165) is 0 Å². The monoisotopic (exact) mass is 155 g/mol. The van der Waals surface area contributed by atoms with Crippen LogP contribution in [0.3, 0.4) is 0 Å². The van der Waals surface area contributed by atoms with Crippen LogP contribution in [0.2, 0.25) is 0 Å². The Labute approximate surface area is 59.9 Å². The maximum absolute atomic E-state index is 5.56. The third kappa shape index (κ3) is 4.69. The maximum atomic E-state index is 5.56. The Balaban J connectivity index is 2.86. The van der Waals surface area contributed by atoms with Crippen molar-refractivity contribution in [3.63, 3.8) is 0 Å². The highest BCUT2D eigenvalue weighted by Gasteiger charge is 1.99. The van der Waals surface area contributed by atoms with Gasteiger partial charge < -0.3 is 4.74 Å². The van der Waals surface area contributed by atoms with E-state index in [1.165, 1.54) is 0 Å². The van der Waals surface area contributed by atoms with E-state index in [-0.39, 0.29) is 5.38 Å². The molecular formula is C5H9Cl2O. The van der Waals surface area contributed by atoms with Crippen molar-refractivity contribution in [1.82, 2.24) is 0 Å². The molecule has 0 rings (SSSR count). The van der Waals surface area contributed by atoms with Gasteiger partial charge in [-0.2, -0.15) is 0 Å². The standard InChI is InChI=1S/C5H9Cl2O/c1-2-8-4-5(7)3-6/h5H,1-4H2. The van der Waals surface area contributed by atoms with Crippen LogP contribution in [0.5, 0.6) is 0 Å². The van der Waals surface area contributed by atoms with Crippen molar-refractivity contribution in [3.05, 3.63) is 6.92 Å². The molecule has 1 unspecified atom stereocenters. The van der Waals surface area contributed by atoms with E-state index in [0.29, 0.717) is 19.1 Å². The summed E-state index contributed by atoms with van der Waals surface area (Å²) in [5, 5.41) is -0.0709. The molecule has 0 aromatic heterocycles. The van der Waals surface area contributed by atoms with Crippen LogP contribution < -0.4 is 0 Å². The predicted molar refractivity (Wildman–Crippen MR) is 36.5 cm³/mol. The molecule has 0 amide bonds. The molecule has 0 heterocycles. The van der Waals surface area contributed by atoms with Crippen molar-refractivity contribution in [2.45, 2.75) is 5.38 Å². The third-order valence-corrected chi connectivity index (χ3v) is 1.42. The summed E-state index contributed by atoms with van der Waals surface area (Å²) in [7, 11) is 0. The van der Waals surface area contributed by atoms with Gasteiger partial charge in [0.05, 0.1) is 12.0 Å². The van der Waals surface area contributed by atoms with Crippen LogP contribution >= 0.6 is 23.2 Å². The molecule has 0 fully saturated rings. The number of rotatable bonds is 4. The second kappa shape index (κ2) is 5.67. The summed E-state index contributed by atoms with van der Waals surface area (Å²) in [6, 6.07) is 0. The van der Waals surface area contributed by atoms with Crippen molar-refractivity contribution in [2.24, 2.45) is 0 Å². The average molecular weight is 156 g/mol. The van der Waals surface area contributed by atoms with Gasteiger partial charge in [0.25, 0.3) is 0 Å². The van der Waals surface area contributed by atoms with E-state index >= 15 is 0 Å². The van der Waals surface area contributed by atoms with Crippen LogP contribution in [-0.2, 0) is 4.74 Å². The Hall–Kier alpha value is 0.540.